The number of rotatable bonds is 9. The predicted octanol–water partition coefficient (Wildman–Crippen LogP) is 5.09. The molecule has 5 rings (SSSR count). The molecule has 2 heterocycles. The summed E-state index contributed by atoms with van der Waals surface area (Å²) in [4.78, 5) is 56.5. The molecule has 0 bridgehead atoms. The summed E-state index contributed by atoms with van der Waals surface area (Å²) in [5, 5.41) is 2.73. The summed E-state index contributed by atoms with van der Waals surface area (Å²) in [6.45, 7) is 2.01. The van der Waals surface area contributed by atoms with Crippen molar-refractivity contribution in [1.29, 1.82) is 0 Å². The number of halogens is 2. The Balaban J connectivity index is 1.40. The number of fused-ring (bicyclic) bond motifs is 1. The maximum Gasteiger partial charge on any atom is 0.417 e. The standard InChI is InChI=1S/C32H26F2N4O7/c1-4-13-37-17-28(30(40)38(32(37)42)20-8-5-18(33)6-9-20)45-31(41)36-19-7-10-22(24(34)14-19)29(39)21-11-12-35-25-16-27(44-3)26(43-2)15-23(21)25/h5-12,14-17H,4,13H2,1-3H3,(H,36,41). The highest BCUT2D eigenvalue weighted by Gasteiger charge is 2.21. The van der Waals surface area contributed by atoms with Gasteiger partial charge in [-0.05, 0) is 61.0 Å². The molecule has 0 aliphatic rings. The Morgan fingerprint density at radius 3 is 2.27 bits per heavy atom. The van der Waals surface area contributed by atoms with E-state index in [9.17, 15) is 23.6 Å². The second-order valence-corrected chi connectivity index (χ2v) is 9.71. The van der Waals surface area contributed by atoms with Crippen molar-refractivity contribution < 1.29 is 32.6 Å². The van der Waals surface area contributed by atoms with Gasteiger partial charge in [0, 0.05) is 35.4 Å². The number of carbonyl (C=O) groups is 2. The molecular weight excluding hydrogens is 590 g/mol. The van der Waals surface area contributed by atoms with Gasteiger partial charge >= 0.3 is 17.3 Å². The third kappa shape index (κ3) is 6.13. The smallest absolute Gasteiger partial charge is 0.417 e. The Labute approximate surface area is 254 Å². The average Bonchev–Trinajstić information content (AvgIpc) is 3.03. The fourth-order valence-electron chi connectivity index (χ4n) is 4.70. The third-order valence-electron chi connectivity index (χ3n) is 6.83. The highest BCUT2D eigenvalue weighted by Crippen LogP contribution is 2.33. The van der Waals surface area contributed by atoms with E-state index in [2.05, 4.69) is 10.3 Å². The first kappa shape index (κ1) is 30.6. The first-order chi connectivity index (χ1) is 21.6. The number of hydrogen-bond donors (Lipinski definition) is 1. The summed E-state index contributed by atoms with van der Waals surface area (Å²) >= 11 is 0. The number of hydrogen-bond acceptors (Lipinski definition) is 8. The van der Waals surface area contributed by atoms with Gasteiger partial charge in [-0.1, -0.05) is 6.92 Å². The molecule has 2 aromatic heterocycles. The number of benzene rings is 3. The Hall–Kier alpha value is -5.85. The number of nitrogens with one attached hydrogen (secondary N) is 1. The molecule has 0 aliphatic heterocycles. The number of ether oxygens (including phenoxy) is 3. The van der Waals surface area contributed by atoms with Crippen molar-refractivity contribution in [2.24, 2.45) is 0 Å². The Morgan fingerprint density at radius 2 is 1.60 bits per heavy atom. The molecule has 11 nitrogen and oxygen atoms in total. The van der Waals surface area contributed by atoms with Crippen LogP contribution in [-0.4, -0.2) is 40.2 Å². The molecule has 3 aromatic carbocycles. The van der Waals surface area contributed by atoms with Crippen LogP contribution in [0.2, 0.25) is 0 Å². The number of amides is 1. The third-order valence-corrected chi connectivity index (χ3v) is 6.83. The van der Waals surface area contributed by atoms with E-state index in [-0.39, 0.29) is 29.0 Å². The number of carbonyl (C=O) groups excluding carboxylic acids is 2. The van der Waals surface area contributed by atoms with E-state index in [4.69, 9.17) is 14.2 Å². The molecule has 0 atom stereocenters. The zero-order chi connectivity index (χ0) is 32.2. The molecule has 0 radical (unpaired) electrons. The Bertz CT molecular complexity index is 2060. The zero-order valence-corrected chi connectivity index (χ0v) is 24.3. The summed E-state index contributed by atoms with van der Waals surface area (Å²) < 4.78 is 46.5. The van der Waals surface area contributed by atoms with Crippen molar-refractivity contribution in [2.75, 3.05) is 19.5 Å². The summed E-state index contributed by atoms with van der Waals surface area (Å²) in [5.74, 6) is -1.86. The van der Waals surface area contributed by atoms with Crippen LogP contribution < -0.4 is 30.8 Å². The van der Waals surface area contributed by atoms with E-state index < -0.39 is 40.5 Å². The second-order valence-electron chi connectivity index (χ2n) is 9.71. The molecule has 230 valence electrons. The van der Waals surface area contributed by atoms with Gasteiger partial charge in [-0.15, -0.1) is 0 Å². The van der Waals surface area contributed by atoms with E-state index in [0.29, 0.717) is 28.8 Å². The fourth-order valence-corrected chi connectivity index (χ4v) is 4.70. The van der Waals surface area contributed by atoms with Gasteiger partial charge in [0.1, 0.15) is 11.6 Å². The number of ketones is 1. The van der Waals surface area contributed by atoms with Crippen molar-refractivity contribution in [3.05, 3.63) is 117 Å². The highest BCUT2D eigenvalue weighted by atomic mass is 19.1. The molecule has 1 amide bonds. The van der Waals surface area contributed by atoms with Crippen LogP contribution in [0.25, 0.3) is 16.6 Å². The van der Waals surface area contributed by atoms with Gasteiger partial charge in [0.05, 0.1) is 37.2 Å². The lowest BCUT2D eigenvalue weighted by atomic mass is 9.99. The predicted molar refractivity (Wildman–Crippen MR) is 161 cm³/mol. The van der Waals surface area contributed by atoms with E-state index in [0.717, 1.165) is 29.0 Å². The molecule has 0 saturated heterocycles. The molecule has 13 heteroatoms. The summed E-state index contributed by atoms with van der Waals surface area (Å²) in [6.07, 6.45) is 1.88. The molecule has 1 N–H and O–H groups in total. The SMILES string of the molecule is CCCn1cc(OC(=O)Nc2ccc(C(=O)c3ccnc4cc(OC)c(OC)cc34)c(F)c2)c(=O)n(-c2ccc(F)cc2)c1=O. The minimum Gasteiger partial charge on any atom is -0.493 e. The summed E-state index contributed by atoms with van der Waals surface area (Å²) in [6, 6.07) is 12.7. The molecule has 0 aliphatic carbocycles. The van der Waals surface area contributed by atoms with Gasteiger partial charge in [-0.25, -0.2) is 22.9 Å². The quantitative estimate of drug-likeness (QED) is 0.227. The molecule has 0 saturated carbocycles. The highest BCUT2D eigenvalue weighted by molar-refractivity contribution is 6.16. The second kappa shape index (κ2) is 12.8. The van der Waals surface area contributed by atoms with E-state index in [1.807, 2.05) is 0 Å². The van der Waals surface area contributed by atoms with E-state index in [1.165, 1.54) is 55.3 Å². The lowest BCUT2D eigenvalue weighted by Gasteiger charge is -2.13. The van der Waals surface area contributed by atoms with Crippen molar-refractivity contribution in [2.45, 2.75) is 19.9 Å². The monoisotopic (exact) mass is 616 g/mol. The van der Waals surface area contributed by atoms with Gasteiger partial charge < -0.3 is 14.2 Å². The van der Waals surface area contributed by atoms with Crippen molar-refractivity contribution in [3.63, 3.8) is 0 Å². The first-order valence-electron chi connectivity index (χ1n) is 13.6. The maximum absolute atomic E-state index is 15.3. The van der Waals surface area contributed by atoms with E-state index in [1.54, 1.807) is 19.1 Å². The zero-order valence-electron chi connectivity index (χ0n) is 24.3. The number of methoxy groups -OCH3 is 2. The number of aryl methyl sites for hydroxylation is 1. The Morgan fingerprint density at radius 1 is 0.889 bits per heavy atom. The van der Waals surface area contributed by atoms with Crippen molar-refractivity contribution >= 4 is 28.5 Å². The topological polar surface area (TPSA) is 131 Å². The van der Waals surface area contributed by atoms with Crippen molar-refractivity contribution in [1.82, 2.24) is 14.1 Å². The van der Waals surface area contributed by atoms with Crippen LogP contribution in [0.4, 0.5) is 19.3 Å². The first-order valence-corrected chi connectivity index (χ1v) is 13.6. The minimum atomic E-state index is -1.15. The van der Waals surface area contributed by atoms with Crippen LogP contribution in [0, 0.1) is 11.6 Å². The lowest BCUT2D eigenvalue weighted by molar-refractivity contribution is 0.103. The van der Waals surface area contributed by atoms with Crippen LogP contribution in [-0.2, 0) is 6.54 Å². The van der Waals surface area contributed by atoms with Gasteiger partial charge in [0.25, 0.3) is 0 Å². The number of nitrogens with zero attached hydrogens (tertiary/aromatic N) is 3. The maximum atomic E-state index is 15.3. The van der Waals surface area contributed by atoms with Crippen molar-refractivity contribution in [3.8, 4) is 22.9 Å². The summed E-state index contributed by atoms with van der Waals surface area (Å²) in [7, 11) is 2.91. The van der Waals surface area contributed by atoms with Gasteiger partial charge in [-0.2, -0.15) is 0 Å². The number of anilines is 1. The van der Waals surface area contributed by atoms with Crippen LogP contribution in [0.1, 0.15) is 29.3 Å². The Kier molecular flexibility index (Phi) is 8.70. The normalized spacial score (nSPS) is 10.9. The number of aromatic nitrogens is 3. The molecule has 5 aromatic rings. The lowest BCUT2D eigenvalue weighted by Crippen LogP contribution is -2.39. The largest absolute Gasteiger partial charge is 0.493 e. The molecule has 0 unspecified atom stereocenters. The molecular formula is C32H26F2N4O7. The minimum absolute atomic E-state index is 0.0687. The molecule has 0 fully saturated rings. The van der Waals surface area contributed by atoms with Crippen LogP contribution in [0.3, 0.4) is 0 Å². The number of pyridine rings is 1. The van der Waals surface area contributed by atoms with Gasteiger partial charge in [-0.3, -0.25) is 24.5 Å². The van der Waals surface area contributed by atoms with Crippen LogP contribution in [0.5, 0.6) is 17.2 Å². The van der Waals surface area contributed by atoms with Crippen LogP contribution in [0.15, 0.2) is 82.6 Å². The van der Waals surface area contributed by atoms with Crippen LogP contribution >= 0.6 is 0 Å². The average molecular weight is 617 g/mol. The molecule has 45 heavy (non-hydrogen) atoms. The molecule has 0 spiro atoms. The fraction of sp³-hybridized carbons (Fsp3) is 0.156. The summed E-state index contributed by atoms with van der Waals surface area (Å²) in [5.41, 5.74) is -1.33. The van der Waals surface area contributed by atoms with E-state index >= 15 is 4.39 Å². The van der Waals surface area contributed by atoms with Gasteiger partial charge in [0.15, 0.2) is 17.3 Å². The van der Waals surface area contributed by atoms with Gasteiger partial charge in [0.2, 0.25) is 5.75 Å².